The second kappa shape index (κ2) is 14.0. The van der Waals surface area contributed by atoms with Crippen LogP contribution < -0.4 is 5.46 Å². The molecule has 1 saturated carbocycles. The van der Waals surface area contributed by atoms with E-state index in [1.165, 1.54) is 38.7 Å². The Morgan fingerprint density at radius 3 is 2.33 bits per heavy atom. The lowest BCUT2D eigenvalue weighted by Gasteiger charge is -2.45. The maximum atomic E-state index is 9.69. The number of H-pyrrole nitrogens is 1. The summed E-state index contributed by atoms with van der Waals surface area (Å²) in [5.74, 6) is 1.04. The van der Waals surface area contributed by atoms with Gasteiger partial charge in [-0.3, -0.25) is 19.6 Å². The number of fused-ring (bicyclic) bond motifs is 2. The highest BCUT2D eigenvalue weighted by molar-refractivity contribution is 6.43. The summed E-state index contributed by atoms with van der Waals surface area (Å²) in [6, 6.07) is 8.34. The van der Waals surface area contributed by atoms with E-state index in [0.717, 1.165) is 72.1 Å². The molecule has 2 aromatic carbocycles. The van der Waals surface area contributed by atoms with Gasteiger partial charge in [0.05, 0.1) is 29.1 Å². The van der Waals surface area contributed by atoms with E-state index in [1.54, 1.807) is 0 Å². The summed E-state index contributed by atoms with van der Waals surface area (Å²) in [6.07, 6.45) is 10.8. The third-order valence-corrected chi connectivity index (χ3v) is 8.57. The number of ketones is 1. The zero-order valence-electron chi connectivity index (χ0n) is 26.9. The Morgan fingerprint density at radius 1 is 1.19 bits per heavy atom. The van der Waals surface area contributed by atoms with Crippen LogP contribution in [-0.2, 0) is 11.8 Å². The Bertz CT molecular complexity index is 1620. The normalized spacial score (nSPS) is 14.4. The van der Waals surface area contributed by atoms with Crippen LogP contribution >= 0.6 is 0 Å². The van der Waals surface area contributed by atoms with Gasteiger partial charge in [-0.1, -0.05) is 62.9 Å². The maximum absolute atomic E-state index is 9.69. The molecule has 220 valence electrons. The highest BCUT2D eigenvalue weighted by Gasteiger charge is 2.38. The van der Waals surface area contributed by atoms with Gasteiger partial charge in [0.1, 0.15) is 7.85 Å². The third-order valence-electron chi connectivity index (χ3n) is 8.57. The van der Waals surface area contributed by atoms with Crippen molar-refractivity contribution < 1.29 is 4.79 Å². The third kappa shape index (κ3) is 7.00. The minimum absolute atomic E-state index is 0.0185. The highest BCUT2D eigenvalue weighted by atomic mass is 16.1. The molecule has 1 aliphatic rings. The fraction of sp³-hybridized carbons (Fsp3) is 0.429. The number of nitrogens with zero attached hydrogens (tertiary/aromatic N) is 4. The van der Waals surface area contributed by atoms with Gasteiger partial charge in [-0.25, -0.2) is 0 Å². The maximum Gasteiger partial charge on any atom is 0.152 e. The molecule has 0 spiro atoms. The number of aromatic amines is 1. The molecule has 42 heavy (non-hydrogen) atoms. The van der Waals surface area contributed by atoms with Crippen LogP contribution in [0.25, 0.3) is 27.4 Å². The minimum atomic E-state index is 0.0185. The molecule has 0 atom stereocenters. The molecule has 1 N–H and O–H groups in total. The van der Waals surface area contributed by atoms with E-state index in [2.05, 4.69) is 79.7 Å². The molecule has 6 nitrogen and oxygen atoms in total. The van der Waals surface area contributed by atoms with Crippen LogP contribution in [0.2, 0.25) is 0 Å². The summed E-state index contributed by atoms with van der Waals surface area (Å²) in [5, 5.41) is 13.7. The predicted molar refractivity (Wildman–Crippen MR) is 180 cm³/mol. The quantitative estimate of drug-likeness (QED) is 0.150. The summed E-state index contributed by atoms with van der Waals surface area (Å²) < 4.78 is 1.87. The minimum Gasteiger partial charge on any atom is -0.295 e. The van der Waals surface area contributed by atoms with E-state index in [1.807, 2.05) is 44.2 Å². The molecule has 1 fully saturated rings. The van der Waals surface area contributed by atoms with Crippen molar-refractivity contribution in [1.29, 1.82) is 0 Å². The molecule has 2 radical (unpaired) electrons. The molecule has 0 aliphatic heterocycles. The zero-order valence-corrected chi connectivity index (χ0v) is 26.9. The number of allylic oxidation sites excluding steroid dienone is 3. The van der Waals surface area contributed by atoms with Crippen molar-refractivity contribution in [1.82, 2.24) is 20.0 Å². The Morgan fingerprint density at radius 2 is 1.83 bits per heavy atom. The van der Waals surface area contributed by atoms with Crippen LogP contribution in [0.1, 0.15) is 83.9 Å². The number of rotatable bonds is 6. The molecule has 2 heterocycles. The number of benzene rings is 2. The number of carbonyl (C=O) groups is 1. The first-order valence-corrected chi connectivity index (χ1v) is 14.8. The monoisotopic (exact) mass is 563 g/mol. The van der Waals surface area contributed by atoms with E-state index in [-0.39, 0.29) is 5.78 Å². The Hall–Kier alpha value is -3.74. The van der Waals surface area contributed by atoms with E-state index >= 15 is 0 Å². The number of aryl methyl sites for hydroxylation is 2. The van der Waals surface area contributed by atoms with Crippen molar-refractivity contribution in [2.75, 3.05) is 7.05 Å². The van der Waals surface area contributed by atoms with Gasteiger partial charge in [0, 0.05) is 36.0 Å². The van der Waals surface area contributed by atoms with Crippen LogP contribution in [0, 0.1) is 18.3 Å². The molecule has 0 saturated heterocycles. The highest BCUT2D eigenvalue weighted by Crippen LogP contribution is 2.50. The molecular weight excluding hydrogens is 517 g/mol. The Labute approximate surface area is 252 Å². The topological polar surface area (TPSA) is 75.9 Å². The first-order chi connectivity index (χ1) is 19.9. The number of carbonyl (C=O) groups excluding carboxylic acids is 1. The van der Waals surface area contributed by atoms with Crippen molar-refractivity contribution in [3.8, 4) is 0 Å². The van der Waals surface area contributed by atoms with Crippen LogP contribution in [0.3, 0.4) is 0 Å². The average molecular weight is 564 g/mol. The Balaban J connectivity index is 0.000000285. The lowest BCUT2D eigenvalue weighted by molar-refractivity contribution is -0.112. The zero-order chi connectivity index (χ0) is 31.2. The molecule has 2 aromatic heterocycles. The molecule has 0 unspecified atom stereocenters. The lowest BCUT2D eigenvalue weighted by Crippen LogP contribution is -2.34. The van der Waals surface area contributed by atoms with Crippen LogP contribution in [0.4, 0.5) is 0 Å². The van der Waals surface area contributed by atoms with E-state index in [4.69, 9.17) is 7.85 Å². The predicted octanol–water partition coefficient (Wildman–Crippen LogP) is 7.45. The van der Waals surface area contributed by atoms with E-state index in [9.17, 15) is 4.79 Å². The van der Waals surface area contributed by atoms with Gasteiger partial charge in [0.15, 0.2) is 5.78 Å². The standard InChI is InChI=1S/C22H22BN5.C9H18.C4H6O/c1-12(2)19(20-16-11-25-27-17(16)8-13(3)21(20)23)22(24-4)14-6-7-18-15(9-14)10-26-28(18)5;1-4-9(5-2)6-8(3)7-9;1-3-4(2)5/h6-11H,1-5H3,(H,25,27);8H,4-7H2,1-3H3;3H,1H2,2H3. The average Bonchev–Trinajstić information content (AvgIpc) is 3.57. The van der Waals surface area contributed by atoms with Gasteiger partial charge in [-0.2, -0.15) is 10.2 Å². The molecular formula is C35H46BN5O. The summed E-state index contributed by atoms with van der Waals surface area (Å²) in [5.41, 5.74) is 9.73. The summed E-state index contributed by atoms with van der Waals surface area (Å²) in [6.45, 7) is 17.9. The van der Waals surface area contributed by atoms with Gasteiger partial charge in [-0.05, 0) is 81.7 Å². The molecule has 5 rings (SSSR count). The second-order valence-electron chi connectivity index (χ2n) is 11.8. The number of hydrogen-bond donors (Lipinski definition) is 1. The number of nitrogens with one attached hydrogen (secondary N) is 1. The van der Waals surface area contributed by atoms with Crippen LogP contribution in [0.5, 0.6) is 0 Å². The van der Waals surface area contributed by atoms with E-state index < -0.39 is 0 Å². The molecule has 7 heteroatoms. The number of hydrogen-bond acceptors (Lipinski definition) is 4. The molecule has 1 aliphatic carbocycles. The van der Waals surface area contributed by atoms with Gasteiger partial charge in [0.2, 0.25) is 0 Å². The Kier molecular flexibility index (Phi) is 10.9. The van der Waals surface area contributed by atoms with Crippen LogP contribution in [-0.4, -0.2) is 46.4 Å². The second-order valence-corrected chi connectivity index (χ2v) is 11.8. The van der Waals surface area contributed by atoms with Gasteiger partial charge < -0.3 is 0 Å². The van der Waals surface area contributed by atoms with Gasteiger partial charge in [0.25, 0.3) is 0 Å². The summed E-state index contributed by atoms with van der Waals surface area (Å²) >= 11 is 0. The lowest BCUT2D eigenvalue weighted by atomic mass is 9.60. The fourth-order valence-corrected chi connectivity index (χ4v) is 6.06. The number of aliphatic imine (C=N–C) groups is 1. The van der Waals surface area contributed by atoms with Gasteiger partial charge in [-0.15, -0.1) is 0 Å². The van der Waals surface area contributed by atoms with E-state index in [0.29, 0.717) is 0 Å². The van der Waals surface area contributed by atoms with Crippen molar-refractivity contribution in [2.24, 2.45) is 23.4 Å². The summed E-state index contributed by atoms with van der Waals surface area (Å²) in [4.78, 5) is 14.4. The number of aromatic nitrogens is 4. The first-order valence-electron chi connectivity index (χ1n) is 14.8. The summed E-state index contributed by atoms with van der Waals surface area (Å²) in [7, 11) is 10.3. The van der Waals surface area contributed by atoms with Crippen molar-refractivity contribution in [3.05, 3.63) is 71.6 Å². The fourth-order valence-electron chi connectivity index (χ4n) is 6.06. The SMILES string of the molecule is C=CC(C)=O.CCC1(CC)CC(C)C1.[B]c1c(C)cc2[nH]ncc2c1C(C(=NC)c1ccc2c(cnn2C)c1)=C(C)C. The van der Waals surface area contributed by atoms with Crippen molar-refractivity contribution in [2.45, 2.75) is 74.1 Å². The first kappa shape index (κ1) is 32.8. The van der Waals surface area contributed by atoms with Gasteiger partial charge >= 0.3 is 0 Å². The molecule has 4 aromatic rings. The van der Waals surface area contributed by atoms with Crippen LogP contribution in [0.15, 0.2) is 59.9 Å². The van der Waals surface area contributed by atoms with Crippen molar-refractivity contribution in [3.63, 3.8) is 0 Å². The largest absolute Gasteiger partial charge is 0.295 e. The molecule has 0 bridgehead atoms. The van der Waals surface area contributed by atoms with Crippen molar-refractivity contribution >= 4 is 52.2 Å². The molecule has 0 amide bonds. The smallest absolute Gasteiger partial charge is 0.152 e.